The molecule has 1 aliphatic rings. The van der Waals surface area contributed by atoms with Crippen molar-refractivity contribution in [3.63, 3.8) is 0 Å². The Morgan fingerprint density at radius 2 is 1.64 bits per heavy atom. The molecule has 28 heavy (non-hydrogen) atoms. The van der Waals surface area contributed by atoms with Crippen LogP contribution in [0.5, 0.6) is 5.75 Å². The summed E-state index contributed by atoms with van der Waals surface area (Å²) >= 11 is 0. The zero-order chi connectivity index (χ0) is 19.9. The molecule has 0 N–H and O–H groups in total. The number of hydrogen-bond donors (Lipinski definition) is 0. The van der Waals surface area contributed by atoms with Gasteiger partial charge in [-0.15, -0.1) is 0 Å². The van der Waals surface area contributed by atoms with Gasteiger partial charge in [-0.25, -0.2) is 4.98 Å². The van der Waals surface area contributed by atoms with E-state index in [0.717, 1.165) is 57.0 Å². The van der Waals surface area contributed by atoms with Crippen molar-refractivity contribution < 1.29 is 9.53 Å². The first-order valence-corrected chi connectivity index (χ1v) is 9.98. The summed E-state index contributed by atoms with van der Waals surface area (Å²) in [4.78, 5) is 23.3. The van der Waals surface area contributed by atoms with Gasteiger partial charge in [-0.05, 0) is 42.8 Å². The molecule has 6 heteroatoms. The molecule has 150 valence electrons. The highest BCUT2D eigenvalue weighted by molar-refractivity contribution is 5.92. The van der Waals surface area contributed by atoms with Crippen molar-refractivity contribution >= 4 is 17.3 Å². The molecular weight excluding hydrogens is 352 g/mol. The standard InChI is InChI=1S/C22H30N4O2/c1-4-5-12-24(2)22(27)21-11-8-19(17-23-21)26-15-13-25(14-16-26)18-6-9-20(28-3)10-7-18/h6-11,17H,4-5,12-16H2,1-3H3. The maximum Gasteiger partial charge on any atom is 0.272 e. The summed E-state index contributed by atoms with van der Waals surface area (Å²) in [6.07, 6.45) is 3.91. The highest BCUT2D eigenvalue weighted by Crippen LogP contribution is 2.22. The maximum absolute atomic E-state index is 12.4. The summed E-state index contributed by atoms with van der Waals surface area (Å²) < 4.78 is 5.23. The van der Waals surface area contributed by atoms with Crippen LogP contribution < -0.4 is 14.5 Å². The highest BCUT2D eigenvalue weighted by atomic mass is 16.5. The second kappa shape index (κ2) is 9.44. The Morgan fingerprint density at radius 1 is 1.04 bits per heavy atom. The van der Waals surface area contributed by atoms with Crippen LogP contribution in [0.15, 0.2) is 42.6 Å². The number of carbonyl (C=O) groups is 1. The molecule has 0 atom stereocenters. The number of carbonyl (C=O) groups excluding carboxylic acids is 1. The Kier molecular flexibility index (Phi) is 6.74. The number of unbranched alkanes of at least 4 members (excludes halogenated alkanes) is 1. The van der Waals surface area contributed by atoms with Gasteiger partial charge in [0.1, 0.15) is 11.4 Å². The van der Waals surface area contributed by atoms with Gasteiger partial charge in [-0.1, -0.05) is 13.3 Å². The van der Waals surface area contributed by atoms with Gasteiger partial charge in [-0.3, -0.25) is 4.79 Å². The molecule has 3 rings (SSSR count). The molecule has 0 saturated carbocycles. The second-order valence-corrected chi connectivity index (χ2v) is 7.15. The maximum atomic E-state index is 12.4. The van der Waals surface area contributed by atoms with Gasteiger partial charge in [0, 0.05) is 45.5 Å². The van der Waals surface area contributed by atoms with Gasteiger partial charge >= 0.3 is 0 Å². The van der Waals surface area contributed by atoms with Crippen molar-refractivity contribution in [3.05, 3.63) is 48.3 Å². The van der Waals surface area contributed by atoms with E-state index in [1.807, 2.05) is 37.5 Å². The summed E-state index contributed by atoms with van der Waals surface area (Å²) in [6, 6.07) is 12.1. The molecule has 1 saturated heterocycles. The van der Waals surface area contributed by atoms with Crippen molar-refractivity contribution in [1.29, 1.82) is 0 Å². The van der Waals surface area contributed by atoms with E-state index < -0.39 is 0 Å². The Balaban J connectivity index is 1.56. The van der Waals surface area contributed by atoms with Gasteiger partial charge in [0.15, 0.2) is 0 Å². The molecule has 1 amide bonds. The summed E-state index contributed by atoms with van der Waals surface area (Å²) in [5.74, 6) is 0.868. The third kappa shape index (κ3) is 4.74. The van der Waals surface area contributed by atoms with Gasteiger partial charge in [0.25, 0.3) is 5.91 Å². The fourth-order valence-electron chi connectivity index (χ4n) is 3.41. The molecule has 0 unspecified atom stereocenters. The van der Waals surface area contributed by atoms with E-state index in [4.69, 9.17) is 4.74 Å². The van der Waals surface area contributed by atoms with Crippen LogP contribution in [0.2, 0.25) is 0 Å². The first-order chi connectivity index (χ1) is 13.6. The van der Waals surface area contributed by atoms with Crippen LogP contribution in [0.25, 0.3) is 0 Å². The molecule has 0 aliphatic carbocycles. The van der Waals surface area contributed by atoms with Crippen LogP contribution in [0, 0.1) is 0 Å². The van der Waals surface area contributed by atoms with E-state index in [1.165, 1.54) is 5.69 Å². The van der Waals surface area contributed by atoms with E-state index in [2.05, 4.69) is 33.8 Å². The first-order valence-electron chi connectivity index (χ1n) is 9.98. The quantitative estimate of drug-likeness (QED) is 0.735. The molecule has 1 aromatic heterocycles. The molecule has 2 heterocycles. The number of pyridine rings is 1. The zero-order valence-electron chi connectivity index (χ0n) is 17.1. The number of anilines is 2. The lowest BCUT2D eigenvalue weighted by Gasteiger charge is -2.37. The van der Waals surface area contributed by atoms with Crippen LogP contribution >= 0.6 is 0 Å². The van der Waals surface area contributed by atoms with Crippen LogP contribution in [-0.4, -0.2) is 62.7 Å². The van der Waals surface area contributed by atoms with E-state index in [1.54, 1.807) is 12.0 Å². The number of hydrogen-bond acceptors (Lipinski definition) is 5. The van der Waals surface area contributed by atoms with E-state index >= 15 is 0 Å². The number of piperazine rings is 1. The van der Waals surface area contributed by atoms with Crippen molar-refractivity contribution in [2.75, 3.05) is 56.7 Å². The number of ether oxygens (including phenoxy) is 1. The minimum absolute atomic E-state index is 0.00988. The first kappa shape index (κ1) is 20.0. The van der Waals surface area contributed by atoms with Gasteiger partial charge in [0.2, 0.25) is 0 Å². The molecule has 1 aromatic carbocycles. The fourth-order valence-corrected chi connectivity index (χ4v) is 3.41. The molecule has 1 aliphatic heterocycles. The van der Waals surface area contributed by atoms with Crippen LogP contribution in [0.3, 0.4) is 0 Å². The molecule has 0 bridgehead atoms. The number of rotatable bonds is 7. The smallest absolute Gasteiger partial charge is 0.272 e. The lowest BCUT2D eigenvalue weighted by molar-refractivity contribution is 0.0787. The average Bonchev–Trinajstić information content (AvgIpc) is 2.77. The van der Waals surface area contributed by atoms with E-state index in [9.17, 15) is 4.79 Å². The van der Waals surface area contributed by atoms with E-state index in [0.29, 0.717) is 5.69 Å². The van der Waals surface area contributed by atoms with Gasteiger partial charge < -0.3 is 19.4 Å². The normalized spacial score (nSPS) is 14.1. The Bertz CT molecular complexity index is 753. The Hall–Kier alpha value is -2.76. The molecule has 1 fully saturated rings. The van der Waals surface area contributed by atoms with Crippen LogP contribution in [0.4, 0.5) is 11.4 Å². The van der Waals surface area contributed by atoms with E-state index in [-0.39, 0.29) is 5.91 Å². The largest absolute Gasteiger partial charge is 0.497 e. The third-order valence-corrected chi connectivity index (χ3v) is 5.24. The second-order valence-electron chi connectivity index (χ2n) is 7.15. The fraction of sp³-hybridized carbons (Fsp3) is 0.455. The molecular formula is C22H30N4O2. The van der Waals surface area contributed by atoms with Crippen molar-refractivity contribution in [1.82, 2.24) is 9.88 Å². The van der Waals surface area contributed by atoms with Crippen molar-refractivity contribution in [2.24, 2.45) is 0 Å². The number of methoxy groups -OCH3 is 1. The topological polar surface area (TPSA) is 48.9 Å². The van der Waals surface area contributed by atoms with Gasteiger partial charge in [-0.2, -0.15) is 0 Å². The molecule has 6 nitrogen and oxygen atoms in total. The zero-order valence-corrected chi connectivity index (χ0v) is 17.1. The van der Waals surface area contributed by atoms with Gasteiger partial charge in [0.05, 0.1) is 19.0 Å². The third-order valence-electron chi connectivity index (χ3n) is 5.24. The van der Waals surface area contributed by atoms with Crippen molar-refractivity contribution in [3.8, 4) is 5.75 Å². The lowest BCUT2D eigenvalue weighted by Crippen LogP contribution is -2.46. The lowest BCUT2D eigenvalue weighted by atomic mass is 10.2. The minimum atomic E-state index is -0.00988. The van der Waals surface area contributed by atoms with Crippen LogP contribution in [-0.2, 0) is 0 Å². The monoisotopic (exact) mass is 382 g/mol. The number of nitrogens with zero attached hydrogens (tertiary/aromatic N) is 4. The molecule has 0 radical (unpaired) electrons. The summed E-state index contributed by atoms with van der Waals surface area (Å²) in [5.41, 5.74) is 2.80. The summed E-state index contributed by atoms with van der Waals surface area (Å²) in [7, 11) is 3.52. The number of aromatic nitrogens is 1. The SMILES string of the molecule is CCCCN(C)C(=O)c1ccc(N2CCN(c3ccc(OC)cc3)CC2)cn1. The molecule has 0 spiro atoms. The predicted molar refractivity (Wildman–Crippen MR) is 114 cm³/mol. The Labute approximate surface area is 167 Å². The average molecular weight is 383 g/mol. The molecule has 2 aromatic rings. The predicted octanol–water partition coefficient (Wildman–Crippen LogP) is 3.29. The Morgan fingerprint density at radius 3 is 2.18 bits per heavy atom. The minimum Gasteiger partial charge on any atom is -0.497 e. The number of benzene rings is 1. The van der Waals surface area contributed by atoms with Crippen molar-refractivity contribution in [2.45, 2.75) is 19.8 Å². The summed E-state index contributed by atoms with van der Waals surface area (Å²) in [5, 5.41) is 0. The van der Waals surface area contributed by atoms with Crippen LogP contribution in [0.1, 0.15) is 30.3 Å². The highest BCUT2D eigenvalue weighted by Gasteiger charge is 2.19. The summed E-state index contributed by atoms with van der Waals surface area (Å²) in [6.45, 7) is 6.65. The number of amides is 1.